The smallest absolute Gasteiger partial charge is 0.358 e. The van der Waals surface area contributed by atoms with Crippen molar-refractivity contribution in [1.29, 1.82) is 0 Å². The maximum atomic E-state index is 13.6. The van der Waals surface area contributed by atoms with E-state index in [1.807, 2.05) is 30.3 Å². The highest BCUT2D eigenvalue weighted by Gasteiger charge is 2.61. The number of halogens is 1. The molecule has 2 aromatic heterocycles. The summed E-state index contributed by atoms with van der Waals surface area (Å²) in [5, 5.41) is 20.5. The minimum Gasteiger partial charge on any atom is -0.358 e. The van der Waals surface area contributed by atoms with Gasteiger partial charge >= 0.3 is 5.82 Å². The molecule has 7 rings (SSSR count). The number of hydrogen-bond acceptors (Lipinski definition) is 6. The van der Waals surface area contributed by atoms with Gasteiger partial charge in [0.25, 0.3) is 0 Å². The zero-order valence-corrected chi connectivity index (χ0v) is 22.7. The van der Waals surface area contributed by atoms with Crippen LogP contribution >= 0.6 is 11.6 Å². The zero-order valence-electron chi connectivity index (χ0n) is 22.0. The van der Waals surface area contributed by atoms with Crippen molar-refractivity contribution in [2.75, 3.05) is 26.2 Å². The summed E-state index contributed by atoms with van der Waals surface area (Å²) in [5.74, 6) is 1.08. The summed E-state index contributed by atoms with van der Waals surface area (Å²) in [6, 6.07) is 0. The van der Waals surface area contributed by atoms with E-state index in [-0.39, 0.29) is 27.7 Å². The van der Waals surface area contributed by atoms with E-state index >= 15 is 0 Å². The van der Waals surface area contributed by atoms with Crippen molar-refractivity contribution in [2.24, 2.45) is 24.3 Å². The van der Waals surface area contributed by atoms with Crippen molar-refractivity contribution in [3.63, 3.8) is 0 Å². The molecule has 1 aliphatic heterocycles. The minimum absolute atomic E-state index is 0.0508. The minimum atomic E-state index is -0.485. The van der Waals surface area contributed by atoms with E-state index in [0.717, 1.165) is 70.5 Å². The summed E-state index contributed by atoms with van der Waals surface area (Å²) in [5.41, 5.74) is 2.67. The molecule has 5 aliphatic rings. The summed E-state index contributed by atoms with van der Waals surface area (Å²) in [7, 11) is 1.95. The number of carbonyl (C=O) groups excluding carboxylic acids is 1. The summed E-state index contributed by atoms with van der Waals surface area (Å²) < 4.78 is 3.74. The van der Waals surface area contributed by atoms with Gasteiger partial charge in [-0.05, 0) is 74.5 Å². The first-order valence-corrected chi connectivity index (χ1v) is 13.8. The predicted octanol–water partition coefficient (Wildman–Crippen LogP) is 3.83. The third-order valence-electron chi connectivity index (χ3n) is 9.56. The Hall–Kier alpha value is -2.46. The number of amides is 1. The Balaban J connectivity index is 1.15. The highest BCUT2D eigenvalue weighted by atomic mass is 35.5. The van der Waals surface area contributed by atoms with E-state index in [9.17, 15) is 14.9 Å². The van der Waals surface area contributed by atoms with Gasteiger partial charge < -0.3 is 15.0 Å². The number of rotatable bonds is 6. The van der Waals surface area contributed by atoms with Crippen LogP contribution in [0.1, 0.15) is 61.9 Å². The lowest BCUT2D eigenvalue weighted by molar-refractivity contribution is -0.389. The van der Waals surface area contributed by atoms with Gasteiger partial charge in [-0.25, -0.2) is 0 Å². The van der Waals surface area contributed by atoms with Gasteiger partial charge in [0, 0.05) is 58.0 Å². The van der Waals surface area contributed by atoms with Gasteiger partial charge in [0.15, 0.2) is 5.02 Å². The van der Waals surface area contributed by atoms with Crippen LogP contribution in [0.4, 0.5) is 5.82 Å². The van der Waals surface area contributed by atoms with Crippen LogP contribution in [0.2, 0.25) is 5.02 Å². The molecule has 1 saturated heterocycles. The van der Waals surface area contributed by atoms with Gasteiger partial charge in [-0.15, -0.1) is 0 Å². The molecule has 4 saturated carbocycles. The second-order valence-corrected chi connectivity index (χ2v) is 12.7. The van der Waals surface area contributed by atoms with Crippen molar-refractivity contribution in [3.8, 4) is 0 Å². The fourth-order valence-electron chi connectivity index (χ4n) is 8.54. The van der Waals surface area contributed by atoms with Crippen molar-refractivity contribution in [1.82, 2.24) is 29.4 Å². The summed E-state index contributed by atoms with van der Waals surface area (Å²) in [6.07, 6.45) is 8.80. The Morgan fingerprint density at radius 1 is 1.14 bits per heavy atom. The van der Waals surface area contributed by atoms with Crippen molar-refractivity contribution >= 4 is 23.3 Å². The van der Waals surface area contributed by atoms with Gasteiger partial charge in [0.05, 0.1) is 22.0 Å². The molecular formula is C26H36ClN7O3. The summed E-state index contributed by atoms with van der Waals surface area (Å²) in [4.78, 5) is 29.1. The lowest BCUT2D eigenvalue weighted by Crippen LogP contribution is -2.58. The van der Waals surface area contributed by atoms with Crippen LogP contribution in [-0.2, 0) is 23.9 Å². The molecule has 11 heteroatoms. The summed E-state index contributed by atoms with van der Waals surface area (Å²) in [6.45, 7) is 8.01. The fraction of sp³-hybridized carbons (Fsp3) is 0.731. The molecule has 2 atom stereocenters. The number of nitro groups is 1. The monoisotopic (exact) mass is 529 g/mol. The standard InChI is InChI=1S/C26H36ClN7O3/c1-17-21(14-30(3)28-17)15-31-4-6-32(7-5-31)22(35)13-25-9-19-8-20(10-25)12-26(11-19,16-25)33-18(2)23(27)24(29-33)34(36)37/h14,19-20H,4-13,15-16H2,1-3H3. The largest absolute Gasteiger partial charge is 0.408 e. The molecule has 4 bridgehead atoms. The molecule has 5 fully saturated rings. The van der Waals surface area contributed by atoms with E-state index in [1.54, 1.807) is 0 Å². The molecule has 0 radical (unpaired) electrons. The number of aromatic nitrogens is 4. The van der Waals surface area contributed by atoms with Crippen LogP contribution in [0.25, 0.3) is 0 Å². The molecule has 10 nitrogen and oxygen atoms in total. The van der Waals surface area contributed by atoms with Crippen LogP contribution in [0, 0.1) is 41.2 Å². The van der Waals surface area contributed by atoms with Crippen LogP contribution in [0.15, 0.2) is 6.20 Å². The Morgan fingerprint density at radius 2 is 1.81 bits per heavy atom. The first-order valence-electron chi connectivity index (χ1n) is 13.5. The van der Waals surface area contributed by atoms with Crippen molar-refractivity contribution in [3.05, 3.63) is 38.3 Å². The predicted molar refractivity (Wildman–Crippen MR) is 138 cm³/mol. The molecule has 2 unspecified atom stereocenters. The Labute approximate surface area is 222 Å². The number of hydrogen-bond donors (Lipinski definition) is 0. The third kappa shape index (κ3) is 4.26. The average Bonchev–Trinajstić information content (AvgIpc) is 3.30. The molecule has 0 spiro atoms. The first kappa shape index (κ1) is 24.9. The molecule has 0 aromatic carbocycles. The number of aryl methyl sites for hydroxylation is 2. The number of piperazine rings is 1. The maximum Gasteiger partial charge on any atom is 0.408 e. The molecule has 1 amide bonds. The van der Waals surface area contributed by atoms with Crippen molar-refractivity contribution in [2.45, 2.75) is 70.9 Å². The van der Waals surface area contributed by atoms with E-state index in [4.69, 9.17) is 11.6 Å². The van der Waals surface area contributed by atoms with Crippen molar-refractivity contribution < 1.29 is 9.72 Å². The van der Waals surface area contributed by atoms with E-state index in [2.05, 4.69) is 26.2 Å². The van der Waals surface area contributed by atoms with Gasteiger partial charge in [-0.1, -0.05) is 11.6 Å². The first-order chi connectivity index (χ1) is 17.6. The van der Waals surface area contributed by atoms with Crippen LogP contribution < -0.4 is 0 Å². The highest BCUT2D eigenvalue weighted by molar-refractivity contribution is 6.33. The molecule has 0 N–H and O–H groups in total. The second kappa shape index (κ2) is 8.80. The van der Waals surface area contributed by atoms with Gasteiger partial charge in [-0.3, -0.25) is 14.4 Å². The lowest BCUT2D eigenvalue weighted by atomic mass is 9.46. The van der Waals surface area contributed by atoms with Gasteiger partial charge in [0.2, 0.25) is 5.91 Å². The topological polar surface area (TPSA) is 102 Å². The second-order valence-electron chi connectivity index (χ2n) is 12.3. The normalized spacial score (nSPS) is 31.3. The van der Waals surface area contributed by atoms with Gasteiger partial charge in [0.1, 0.15) is 0 Å². The SMILES string of the molecule is Cc1nn(C)cc1CN1CCN(C(=O)CC23CC4CC(C2)CC(n2nc([N+](=O)[O-])c(Cl)c2C)(C4)C3)CC1. The van der Waals surface area contributed by atoms with E-state index in [0.29, 0.717) is 24.0 Å². The lowest BCUT2D eigenvalue weighted by Gasteiger charge is -2.61. The third-order valence-corrected chi connectivity index (χ3v) is 10.0. The molecule has 37 heavy (non-hydrogen) atoms. The zero-order chi connectivity index (χ0) is 26.1. The molecule has 3 heterocycles. The summed E-state index contributed by atoms with van der Waals surface area (Å²) >= 11 is 6.35. The highest BCUT2D eigenvalue weighted by Crippen LogP contribution is 2.65. The fourth-order valence-corrected chi connectivity index (χ4v) is 8.72. The Kier molecular flexibility index (Phi) is 5.91. The Morgan fingerprint density at radius 3 is 2.38 bits per heavy atom. The number of nitrogens with zero attached hydrogens (tertiary/aromatic N) is 7. The number of carbonyl (C=O) groups is 1. The van der Waals surface area contributed by atoms with Gasteiger partial charge in [-0.2, -0.15) is 9.78 Å². The Bertz CT molecular complexity index is 1230. The van der Waals surface area contributed by atoms with Crippen LogP contribution in [-0.4, -0.2) is 66.4 Å². The molecule has 200 valence electrons. The molecule has 2 aromatic rings. The molecule has 4 aliphatic carbocycles. The quantitative estimate of drug-likeness (QED) is 0.416. The van der Waals surface area contributed by atoms with Crippen LogP contribution in [0.5, 0.6) is 0 Å². The maximum absolute atomic E-state index is 13.6. The average molecular weight is 530 g/mol. The van der Waals surface area contributed by atoms with E-state index in [1.165, 1.54) is 12.0 Å². The van der Waals surface area contributed by atoms with E-state index < -0.39 is 4.92 Å². The molecular weight excluding hydrogens is 494 g/mol. The van der Waals surface area contributed by atoms with Crippen LogP contribution in [0.3, 0.4) is 0 Å².